The monoisotopic (exact) mass is 249 g/mol. The van der Waals surface area contributed by atoms with Gasteiger partial charge in [-0.2, -0.15) is 0 Å². The smallest absolute Gasteiger partial charge is 0.267 e. The quantitative estimate of drug-likeness (QED) is 0.820. The summed E-state index contributed by atoms with van der Waals surface area (Å²) in [6.07, 6.45) is 1.55. The number of rotatable bonds is 4. The SMILES string of the molecule is CCCCN(C)C(=O)C1COc2ccccc2O1. The number of hydrogen-bond donors (Lipinski definition) is 0. The molecule has 0 saturated heterocycles. The summed E-state index contributed by atoms with van der Waals surface area (Å²) in [5.41, 5.74) is 0. The lowest BCUT2D eigenvalue weighted by atomic mass is 10.2. The van der Waals surface area contributed by atoms with Crippen molar-refractivity contribution in [2.75, 3.05) is 20.2 Å². The van der Waals surface area contributed by atoms with Gasteiger partial charge in [-0.15, -0.1) is 0 Å². The van der Waals surface area contributed by atoms with Crippen LogP contribution in [0.4, 0.5) is 0 Å². The molecule has 1 amide bonds. The Labute approximate surface area is 107 Å². The highest BCUT2D eigenvalue weighted by Crippen LogP contribution is 2.31. The van der Waals surface area contributed by atoms with Gasteiger partial charge in [0, 0.05) is 13.6 Å². The van der Waals surface area contributed by atoms with E-state index in [0.29, 0.717) is 11.5 Å². The van der Waals surface area contributed by atoms with Crippen LogP contribution in [0.15, 0.2) is 24.3 Å². The van der Waals surface area contributed by atoms with E-state index in [0.717, 1.165) is 19.4 Å². The van der Waals surface area contributed by atoms with E-state index in [4.69, 9.17) is 9.47 Å². The molecular formula is C14H19NO3. The summed E-state index contributed by atoms with van der Waals surface area (Å²) in [6.45, 7) is 3.15. The summed E-state index contributed by atoms with van der Waals surface area (Å²) in [5.74, 6) is 1.33. The van der Waals surface area contributed by atoms with Crippen LogP contribution in [-0.2, 0) is 4.79 Å². The number of benzene rings is 1. The molecule has 0 aliphatic carbocycles. The summed E-state index contributed by atoms with van der Waals surface area (Å²) in [4.78, 5) is 13.8. The van der Waals surface area contributed by atoms with Crippen LogP contribution in [-0.4, -0.2) is 37.1 Å². The third kappa shape index (κ3) is 2.75. The van der Waals surface area contributed by atoms with E-state index >= 15 is 0 Å². The van der Waals surface area contributed by atoms with Gasteiger partial charge in [-0.25, -0.2) is 0 Å². The molecule has 0 spiro atoms. The molecule has 0 fully saturated rings. The van der Waals surface area contributed by atoms with Crippen molar-refractivity contribution in [3.8, 4) is 11.5 Å². The first-order valence-electron chi connectivity index (χ1n) is 6.36. The van der Waals surface area contributed by atoms with Crippen molar-refractivity contribution in [1.29, 1.82) is 0 Å². The van der Waals surface area contributed by atoms with Gasteiger partial charge in [0.1, 0.15) is 6.61 Å². The lowest BCUT2D eigenvalue weighted by Gasteiger charge is -2.28. The van der Waals surface area contributed by atoms with Crippen LogP contribution in [0.25, 0.3) is 0 Å². The fraction of sp³-hybridized carbons (Fsp3) is 0.500. The molecule has 0 N–H and O–H groups in total. The summed E-state index contributed by atoms with van der Waals surface area (Å²) in [5, 5.41) is 0. The predicted octanol–water partition coefficient (Wildman–Crippen LogP) is 2.08. The highest BCUT2D eigenvalue weighted by atomic mass is 16.6. The van der Waals surface area contributed by atoms with E-state index in [-0.39, 0.29) is 12.5 Å². The molecule has 0 radical (unpaired) electrons. The highest BCUT2D eigenvalue weighted by Gasteiger charge is 2.29. The first kappa shape index (κ1) is 12.7. The van der Waals surface area contributed by atoms with Crippen molar-refractivity contribution in [3.05, 3.63) is 24.3 Å². The Kier molecular flexibility index (Phi) is 4.07. The zero-order valence-electron chi connectivity index (χ0n) is 10.9. The van der Waals surface area contributed by atoms with E-state index in [1.165, 1.54) is 0 Å². The summed E-state index contributed by atoms with van der Waals surface area (Å²) < 4.78 is 11.2. The molecule has 4 heteroatoms. The third-order valence-electron chi connectivity index (χ3n) is 3.01. The van der Waals surface area contributed by atoms with Crippen LogP contribution in [0.1, 0.15) is 19.8 Å². The Morgan fingerprint density at radius 1 is 1.39 bits per heavy atom. The van der Waals surface area contributed by atoms with Crippen LogP contribution in [0, 0.1) is 0 Å². The lowest BCUT2D eigenvalue weighted by molar-refractivity contribution is -0.139. The van der Waals surface area contributed by atoms with Crippen molar-refractivity contribution in [3.63, 3.8) is 0 Å². The summed E-state index contributed by atoms with van der Waals surface area (Å²) in [6, 6.07) is 7.42. The molecule has 1 unspecified atom stereocenters. The predicted molar refractivity (Wildman–Crippen MR) is 68.9 cm³/mol. The number of amides is 1. The topological polar surface area (TPSA) is 38.8 Å². The van der Waals surface area contributed by atoms with E-state index in [1.54, 1.807) is 4.90 Å². The largest absolute Gasteiger partial charge is 0.485 e. The first-order valence-corrected chi connectivity index (χ1v) is 6.36. The molecule has 1 atom stereocenters. The van der Waals surface area contributed by atoms with E-state index in [2.05, 4.69) is 6.92 Å². The van der Waals surface area contributed by atoms with Gasteiger partial charge in [-0.05, 0) is 18.6 Å². The minimum Gasteiger partial charge on any atom is -0.485 e. The Balaban J connectivity index is 1.98. The molecule has 0 saturated carbocycles. The second-order valence-electron chi connectivity index (χ2n) is 4.48. The number of para-hydroxylation sites is 2. The Bertz CT molecular complexity index is 419. The number of nitrogens with zero attached hydrogens (tertiary/aromatic N) is 1. The van der Waals surface area contributed by atoms with Crippen molar-refractivity contribution in [1.82, 2.24) is 4.90 Å². The van der Waals surface area contributed by atoms with Gasteiger partial charge < -0.3 is 14.4 Å². The molecule has 1 aliphatic heterocycles. The number of ether oxygens (including phenoxy) is 2. The summed E-state index contributed by atoms with van der Waals surface area (Å²) >= 11 is 0. The second kappa shape index (κ2) is 5.76. The molecule has 1 heterocycles. The number of unbranched alkanes of at least 4 members (excludes halogenated alkanes) is 1. The third-order valence-corrected chi connectivity index (χ3v) is 3.01. The maximum Gasteiger partial charge on any atom is 0.267 e. The van der Waals surface area contributed by atoms with Crippen LogP contribution >= 0.6 is 0 Å². The van der Waals surface area contributed by atoms with Crippen molar-refractivity contribution >= 4 is 5.91 Å². The van der Waals surface area contributed by atoms with Crippen LogP contribution in [0.5, 0.6) is 11.5 Å². The summed E-state index contributed by atoms with van der Waals surface area (Å²) in [7, 11) is 1.81. The average molecular weight is 249 g/mol. The molecule has 0 aromatic heterocycles. The Morgan fingerprint density at radius 2 is 2.11 bits per heavy atom. The fourth-order valence-corrected chi connectivity index (χ4v) is 1.89. The molecule has 1 aliphatic rings. The van der Waals surface area contributed by atoms with Gasteiger partial charge in [0.25, 0.3) is 5.91 Å². The van der Waals surface area contributed by atoms with Gasteiger partial charge in [-0.1, -0.05) is 25.5 Å². The minimum atomic E-state index is -0.526. The Hall–Kier alpha value is -1.71. The second-order valence-corrected chi connectivity index (χ2v) is 4.48. The first-order chi connectivity index (χ1) is 8.72. The van der Waals surface area contributed by atoms with Crippen molar-refractivity contribution < 1.29 is 14.3 Å². The maximum atomic E-state index is 12.1. The molecule has 1 aromatic carbocycles. The van der Waals surface area contributed by atoms with E-state index in [9.17, 15) is 4.79 Å². The van der Waals surface area contributed by atoms with Crippen molar-refractivity contribution in [2.45, 2.75) is 25.9 Å². The fourth-order valence-electron chi connectivity index (χ4n) is 1.89. The standard InChI is InChI=1S/C14H19NO3/c1-3-4-9-15(2)14(16)13-10-17-11-7-5-6-8-12(11)18-13/h5-8,13H,3-4,9-10H2,1-2H3. The maximum absolute atomic E-state index is 12.1. The number of likely N-dealkylation sites (N-methyl/N-ethyl adjacent to an activating group) is 1. The zero-order chi connectivity index (χ0) is 13.0. The van der Waals surface area contributed by atoms with Gasteiger partial charge >= 0.3 is 0 Å². The number of hydrogen-bond acceptors (Lipinski definition) is 3. The molecule has 2 rings (SSSR count). The Morgan fingerprint density at radius 3 is 2.83 bits per heavy atom. The van der Waals surface area contributed by atoms with Crippen LogP contribution < -0.4 is 9.47 Å². The minimum absolute atomic E-state index is 0.0158. The van der Waals surface area contributed by atoms with Gasteiger partial charge in [-0.3, -0.25) is 4.79 Å². The molecular weight excluding hydrogens is 230 g/mol. The molecule has 4 nitrogen and oxygen atoms in total. The highest BCUT2D eigenvalue weighted by molar-refractivity contribution is 5.81. The normalized spacial score (nSPS) is 17.3. The van der Waals surface area contributed by atoms with Crippen molar-refractivity contribution in [2.24, 2.45) is 0 Å². The number of carbonyl (C=O) groups is 1. The molecule has 1 aromatic rings. The van der Waals surface area contributed by atoms with E-state index in [1.807, 2.05) is 31.3 Å². The average Bonchev–Trinajstić information content (AvgIpc) is 2.43. The lowest BCUT2D eigenvalue weighted by Crippen LogP contribution is -2.45. The van der Waals surface area contributed by atoms with Gasteiger partial charge in [0.05, 0.1) is 0 Å². The van der Waals surface area contributed by atoms with E-state index < -0.39 is 6.10 Å². The zero-order valence-corrected chi connectivity index (χ0v) is 10.9. The van der Waals surface area contributed by atoms with Gasteiger partial charge in [0.15, 0.2) is 11.5 Å². The number of carbonyl (C=O) groups excluding carboxylic acids is 1. The van der Waals surface area contributed by atoms with Crippen LogP contribution in [0.2, 0.25) is 0 Å². The van der Waals surface area contributed by atoms with Gasteiger partial charge in [0.2, 0.25) is 6.10 Å². The number of fused-ring (bicyclic) bond motifs is 1. The molecule has 0 bridgehead atoms. The van der Waals surface area contributed by atoms with Crippen LogP contribution in [0.3, 0.4) is 0 Å². The molecule has 98 valence electrons. The molecule has 18 heavy (non-hydrogen) atoms.